The molecule has 0 amide bonds. The number of hydrogen-bond acceptors (Lipinski definition) is 5. The van der Waals surface area contributed by atoms with Crippen molar-refractivity contribution in [2.24, 2.45) is 0 Å². The molecule has 10 heteroatoms. The summed E-state index contributed by atoms with van der Waals surface area (Å²) in [5, 5.41) is 10.4. The molecule has 4 rings (SSSR count). The van der Waals surface area contributed by atoms with Crippen molar-refractivity contribution in [1.82, 2.24) is 14.7 Å². The second kappa shape index (κ2) is 6.66. The molecule has 2 aromatic heterocycles. The molecule has 0 bridgehead atoms. The van der Waals surface area contributed by atoms with Crippen LogP contribution in [-0.2, 0) is 21.2 Å². The van der Waals surface area contributed by atoms with Crippen molar-refractivity contribution in [3.63, 3.8) is 0 Å². The number of aliphatic carboxylic acids is 1. The fourth-order valence-electron chi connectivity index (χ4n) is 3.05. The van der Waals surface area contributed by atoms with Crippen LogP contribution in [-0.4, -0.2) is 35.5 Å². The van der Waals surface area contributed by atoms with Gasteiger partial charge in [0.05, 0.1) is 10.4 Å². The van der Waals surface area contributed by atoms with E-state index in [0.717, 1.165) is 10.9 Å². The number of carbonyl (C=O) groups is 1. The number of carboxylic acid groups (broad SMARTS) is 1. The Labute approximate surface area is 158 Å². The molecule has 4 N–H and O–H groups in total. The Morgan fingerprint density at radius 2 is 1.96 bits per heavy atom. The maximum Gasteiger partial charge on any atom is 0.417 e. The van der Waals surface area contributed by atoms with E-state index in [1.807, 2.05) is 24.3 Å². The van der Waals surface area contributed by atoms with E-state index >= 15 is 0 Å². The zero-order valence-corrected chi connectivity index (χ0v) is 15.1. The van der Waals surface area contributed by atoms with E-state index in [4.69, 9.17) is 4.42 Å². The van der Waals surface area contributed by atoms with Gasteiger partial charge in [-0.05, 0) is 23.8 Å². The van der Waals surface area contributed by atoms with Gasteiger partial charge in [-0.3, -0.25) is 9.78 Å². The molecule has 0 aliphatic rings. The second-order valence-electron chi connectivity index (χ2n) is 6.25. The molecule has 4 aromatic rings. The van der Waals surface area contributed by atoms with E-state index < -0.39 is 27.8 Å². The number of H-pyrrole nitrogens is 2. The lowest BCUT2D eigenvalue weighted by Gasteiger charge is -2.14. The Hall–Kier alpha value is -3.37. The molecule has 2 heterocycles. The standard InChI is InChI=1S/C18H15N3O6S/c22-17(23)15(7-10-9-19-13-4-2-1-3-12(10)13)21-28(25,26)11-5-6-14-16(8-11)27-18(24)20-14/h1-6,8-9,15,19,21H,7H2,(H,20,24)(H,22,23). The molecular formula is C18H15N3O6S. The summed E-state index contributed by atoms with van der Waals surface area (Å²) >= 11 is 0. The van der Waals surface area contributed by atoms with Crippen LogP contribution in [0.15, 0.2) is 62.8 Å². The van der Waals surface area contributed by atoms with Crippen molar-refractivity contribution in [2.75, 3.05) is 0 Å². The first kappa shape index (κ1) is 18.0. The average Bonchev–Trinajstić information content (AvgIpc) is 3.22. The van der Waals surface area contributed by atoms with Crippen LogP contribution in [0.1, 0.15) is 5.56 Å². The third-order valence-electron chi connectivity index (χ3n) is 4.40. The summed E-state index contributed by atoms with van der Waals surface area (Å²) in [5.41, 5.74) is 1.92. The molecule has 0 saturated carbocycles. The van der Waals surface area contributed by atoms with Gasteiger partial charge in [-0.1, -0.05) is 18.2 Å². The summed E-state index contributed by atoms with van der Waals surface area (Å²) in [7, 11) is -4.16. The van der Waals surface area contributed by atoms with Crippen LogP contribution in [0.5, 0.6) is 0 Å². The number of rotatable bonds is 6. The van der Waals surface area contributed by atoms with Gasteiger partial charge >= 0.3 is 11.7 Å². The lowest BCUT2D eigenvalue weighted by atomic mass is 10.1. The topological polar surface area (TPSA) is 145 Å². The van der Waals surface area contributed by atoms with Gasteiger partial charge in [0.1, 0.15) is 6.04 Å². The fraction of sp³-hybridized carbons (Fsp3) is 0.111. The number of carboxylic acids is 1. The van der Waals surface area contributed by atoms with E-state index in [-0.39, 0.29) is 16.9 Å². The van der Waals surface area contributed by atoms with Crippen LogP contribution in [0.2, 0.25) is 0 Å². The number of para-hydroxylation sites is 1. The largest absolute Gasteiger partial charge is 0.480 e. The molecule has 0 fully saturated rings. The van der Waals surface area contributed by atoms with Gasteiger partial charge in [-0.15, -0.1) is 0 Å². The normalized spacial score (nSPS) is 13.1. The highest BCUT2D eigenvalue weighted by Crippen LogP contribution is 2.21. The minimum Gasteiger partial charge on any atom is -0.480 e. The Bertz CT molecular complexity index is 1350. The van der Waals surface area contributed by atoms with Crippen molar-refractivity contribution in [3.05, 3.63) is 64.8 Å². The second-order valence-corrected chi connectivity index (χ2v) is 7.96. The highest BCUT2D eigenvalue weighted by atomic mass is 32.2. The first-order valence-electron chi connectivity index (χ1n) is 8.26. The zero-order chi connectivity index (χ0) is 19.9. The number of aromatic amines is 2. The van der Waals surface area contributed by atoms with Crippen molar-refractivity contribution < 1.29 is 22.7 Å². The van der Waals surface area contributed by atoms with Crippen molar-refractivity contribution in [1.29, 1.82) is 0 Å². The van der Waals surface area contributed by atoms with Crippen molar-refractivity contribution >= 4 is 38.0 Å². The number of benzene rings is 2. The Kier molecular flexibility index (Phi) is 4.28. The van der Waals surface area contributed by atoms with Crippen LogP contribution >= 0.6 is 0 Å². The Morgan fingerprint density at radius 3 is 2.75 bits per heavy atom. The SMILES string of the molecule is O=C(O)C(Cc1c[nH]c2ccccc12)NS(=O)(=O)c1ccc2[nH]c(=O)oc2c1. The van der Waals surface area contributed by atoms with Crippen LogP contribution in [0, 0.1) is 0 Å². The molecule has 9 nitrogen and oxygen atoms in total. The summed E-state index contributed by atoms with van der Waals surface area (Å²) < 4.78 is 32.4. The Morgan fingerprint density at radius 1 is 1.18 bits per heavy atom. The maximum absolute atomic E-state index is 12.7. The lowest BCUT2D eigenvalue weighted by molar-refractivity contribution is -0.138. The zero-order valence-electron chi connectivity index (χ0n) is 14.3. The molecule has 0 radical (unpaired) electrons. The number of nitrogens with one attached hydrogen (secondary N) is 3. The molecule has 2 aromatic carbocycles. The van der Waals surface area contributed by atoms with Crippen molar-refractivity contribution in [3.8, 4) is 0 Å². The predicted molar refractivity (Wildman–Crippen MR) is 101 cm³/mol. The summed E-state index contributed by atoms with van der Waals surface area (Å²) in [6.07, 6.45) is 1.62. The van der Waals surface area contributed by atoms with Crippen LogP contribution in [0.3, 0.4) is 0 Å². The number of oxazole rings is 1. The first-order valence-corrected chi connectivity index (χ1v) is 9.75. The molecule has 1 atom stereocenters. The van der Waals surface area contributed by atoms with E-state index in [1.54, 1.807) is 6.20 Å². The number of hydrogen-bond donors (Lipinski definition) is 4. The highest BCUT2D eigenvalue weighted by molar-refractivity contribution is 7.89. The quantitative estimate of drug-likeness (QED) is 0.386. The maximum atomic E-state index is 12.7. The fourth-order valence-corrected chi connectivity index (χ4v) is 4.25. The Balaban J connectivity index is 1.64. The molecule has 1 unspecified atom stereocenters. The van der Waals surface area contributed by atoms with Crippen LogP contribution in [0.25, 0.3) is 22.0 Å². The van der Waals surface area contributed by atoms with Gasteiger partial charge in [0.2, 0.25) is 10.0 Å². The number of sulfonamides is 1. The lowest BCUT2D eigenvalue weighted by Crippen LogP contribution is -2.42. The van der Waals surface area contributed by atoms with Gasteiger partial charge in [-0.25, -0.2) is 13.2 Å². The first-order chi connectivity index (χ1) is 13.3. The van der Waals surface area contributed by atoms with Crippen molar-refractivity contribution in [2.45, 2.75) is 17.4 Å². The summed E-state index contributed by atoms with van der Waals surface area (Å²) in [6.45, 7) is 0. The van der Waals surface area contributed by atoms with Gasteiger partial charge in [0.25, 0.3) is 0 Å². The van der Waals surface area contributed by atoms with E-state index in [9.17, 15) is 23.1 Å². The van der Waals surface area contributed by atoms with Gasteiger partial charge in [0.15, 0.2) is 5.58 Å². The number of fused-ring (bicyclic) bond motifs is 2. The molecule has 0 aliphatic carbocycles. The van der Waals surface area contributed by atoms with E-state index in [0.29, 0.717) is 11.1 Å². The summed E-state index contributed by atoms with van der Waals surface area (Å²) in [6, 6.07) is 9.77. The molecule has 0 saturated heterocycles. The third-order valence-corrected chi connectivity index (χ3v) is 5.87. The molecular weight excluding hydrogens is 386 g/mol. The van der Waals surface area contributed by atoms with E-state index in [2.05, 4.69) is 14.7 Å². The summed E-state index contributed by atoms with van der Waals surface area (Å²) in [5.74, 6) is -2.01. The minimum absolute atomic E-state index is 0.0416. The van der Waals surface area contributed by atoms with E-state index in [1.165, 1.54) is 18.2 Å². The molecule has 144 valence electrons. The highest BCUT2D eigenvalue weighted by Gasteiger charge is 2.27. The molecule has 0 aliphatic heterocycles. The summed E-state index contributed by atoms with van der Waals surface area (Å²) in [4.78, 5) is 28.2. The monoisotopic (exact) mass is 401 g/mol. The van der Waals surface area contributed by atoms with Crippen LogP contribution < -0.4 is 10.5 Å². The van der Waals surface area contributed by atoms with Gasteiger partial charge < -0.3 is 14.5 Å². The third kappa shape index (κ3) is 3.30. The average molecular weight is 401 g/mol. The molecule has 0 spiro atoms. The minimum atomic E-state index is -4.16. The van der Waals surface area contributed by atoms with Gasteiger partial charge in [-0.2, -0.15) is 4.72 Å². The predicted octanol–water partition coefficient (Wildman–Crippen LogP) is 1.58. The van der Waals surface area contributed by atoms with Crippen LogP contribution in [0.4, 0.5) is 0 Å². The molecule has 28 heavy (non-hydrogen) atoms. The number of aromatic nitrogens is 2. The smallest absolute Gasteiger partial charge is 0.417 e. The van der Waals surface area contributed by atoms with Gasteiger partial charge in [0, 0.05) is 29.6 Å².